The van der Waals surface area contributed by atoms with Crippen LogP contribution in [0, 0.1) is 0 Å². The van der Waals surface area contributed by atoms with Gasteiger partial charge >= 0.3 is 0 Å². The Morgan fingerprint density at radius 3 is 3.00 bits per heavy atom. The third-order valence-electron chi connectivity index (χ3n) is 2.25. The summed E-state index contributed by atoms with van der Waals surface area (Å²) in [5.41, 5.74) is 8.30. The van der Waals surface area contributed by atoms with Crippen molar-refractivity contribution in [2.75, 3.05) is 11.5 Å². The van der Waals surface area contributed by atoms with Crippen LogP contribution >= 0.6 is 27.7 Å². The average molecular weight is 258 g/mol. The highest BCUT2D eigenvalue weighted by atomic mass is 79.9. The minimum Gasteiger partial charge on any atom is -0.398 e. The molecule has 0 spiro atoms. The highest BCUT2D eigenvalue weighted by molar-refractivity contribution is 9.10. The lowest BCUT2D eigenvalue weighted by molar-refractivity contribution is 0.804. The fourth-order valence-corrected chi connectivity index (χ4v) is 3.27. The maximum absolute atomic E-state index is 5.96. The number of aryl methyl sites for hydroxylation is 1. The van der Waals surface area contributed by atoms with Crippen LogP contribution in [-0.2, 0) is 6.42 Å². The van der Waals surface area contributed by atoms with Crippen molar-refractivity contribution in [1.82, 2.24) is 0 Å². The molecule has 0 atom stereocenters. The molecule has 0 bridgehead atoms. The molecule has 0 saturated carbocycles. The SMILES string of the molecule is Nc1cc(Br)cc2c1SCCCC2. The third-order valence-corrected chi connectivity index (χ3v) is 3.98. The van der Waals surface area contributed by atoms with Gasteiger partial charge in [-0.1, -0.05) is 15.9 Å². The van der Waals surface area contributed by atoms with Crippen molar-refractivity contribution in [3.8, 4) is 0 Å². The molecule has 0 aromatic heterocycles. The largest absolute Gasteiger partial charge is 0.398 e. The Balaban J connectivity index is 2.47. The summed E-state index contributed by atoms with van der Waals surface area (Å²) >= 11 is 5.38. The van der Waals surface area contributed by atoms with E-state index >= 15 is 0 Å². The topological polar surface area (TPSA) is 26.0 Å². The first-order valence-electron chi connectivity index (χ1n) is 4.48. The van der Waals surface area contributed by atoms with Crippen LogP contribution in [0.4, 0.5) is 5.69 Å². The van der Waals surface area contributed by atoms with Gasteiger partial charge in [-0.2, -0.15) is 0 Å². The van der Waals surface area contributed by atoms with Crippen molar-refractivity contribution in [2.24, 2.45) is 0 Å². The number of hydrogen-bond donors (Lipinski definition) is 1. The Morgan fingerprint density at radius 2 is 2.15 bits per heavy atom. The molecule has 0 aliphatic carbocycles. The van der Waals surface area contributed by atoms with E-state index in [0.29, 0.717) is 0 Å². The summed E-state index contributed by atoms with van der Waals surface area (Å²) in [7, 11) is 0. The zero-order chi connectivity index (χ0) is 9.26. The minimum absolute atomic E-state index is 0.927. The highest BCUT2D eigenvalue weighted by Crippen LogP contribution is 2.35. The van der Waals surface area contributed by atoms with E-state index in [0.717, 1.165) is 10.2 Å². The summed E-state index contributed by atoms with van der Waals surface area (Å²) in [6.45, 7) is 0. The van der Waals surface area contributed by atoms with Crippen LogP contribution in [0.25, 0.3) is 0 Å². The van der Waals surface area contributed by atoms with Gasteiger partial charge in [0.2, 0.25) is 0 Å². The zero-order valence-corrected chi connectivity index (χ0v) is 9.75. The molecule has 1 aliphatic heterocycles. The van der Waals surface area contributed by atoms with E-state index in [9.17, 15) is 0 Å². The molecule has 1 nitrogen and oxygen atoms in total. The number of benzene rings is 1. The van der Waals surface area contributed by atoms with Crippen molar-refractivity contribution < 1.29 is 0 Å². The smallest absolute Gasteiger partial charge is 0.0466 e. The second-order valence-corrected chi connectivity index (χ2v) is 5.31. The second-order valence-electron chi connectivity index (χ2n) is 3.29. The summed E-state index contributed by atoms with van der Waals surface area (Å²) in [6.07, 6.45) is 3.76. The normalized spacial score (nSPS) is 16.4. The van der Waals surface area contributed by atoms with Gasteiger partial charge in [0.15, 0.2) is 0 Å². The number of fused-ring (bicyclic) bond motifs is 1. The first-order valence-corrected chi connectivity index (χ1v) is 6.26. The van der Waals surface area contributed by atoms with Crippen LogP contribution in [-0.4, -0.2) is 5.75 Å². The molecule has 70 valence electrons. The van der Waals surface area contributed by atoms with Crippen molar-refractivity contribution in [2.45, 2.75) is 24.2 Å². The molecule has 2 rings (SSSR count). The first-order chi connectivity index (χ1) is 6.27. The molecule has 0 amide bonds. The fourth-order valence-electron chi connectivity index (χ4n) is 1.63. The Bertz CT molecular complexity index is 325. The minimum atomic E-state index is 0.927. The summed E-state index contributed by atoms with van der Waals surface area (Å²) in [4.78, 5) is 1.31. The molecule has 3 heteroatoms. The third kappa shape index (κ3) is 2.02. The van der Waals surface area contributed by atoms with Crippen molar-refractivity contribution in [3.63, 3.8) is 0 Å². The van der Waals surface area contributed by atoms with Crippen LogP contribution in [0.15, 0.2) is 21.5 Å². The Kier molecular flexibility index (Phi) is 2.84. The van der Waals surface area contributed by atoms with E-state index in [4.69, 9.17) is 5.73 Å². The molecular weight excluding hydrogens is 246 g/mol. The molecule has 1 heterocycles. The molecule has 0 fully saturated rings. The standard InChI is InChI=1S/C10H12BrNS/c11-8-5-7-3-1-2-4-13-10(7)9(12)6-8/h5-6H,1-4,12H2. The van der Waals surface area contributed by atoms with Crippen LogP contribution in [0.2, 0.25) is 0 Å². The lowest BCUT2D eigenvalue weighted by Gasteiger charge is -2.08. The monoisotopic (exact) mass is 257 g/mol. The summed E-state index contributed by atoms with van der Waals surface area (Å²) in [5, 5.41) is 0. The van der Waals surface area contributed by atoms with Gasteiger partial charge in [-0.3, -0.25) is 0 Å². The van der Waals surface area contributed by atoms with Crippen molar-refractivity contribution in [3.05, 3.63) is 22.2 Å². The van der Waals surface area contributed by atoms with E-state index in [-0.39, 0.29) is 0 Å². The quantitative estimate of drug-likeness (QED) is 0.721. The molecule has 2 N–H and O–H groups in total. The van der Waals surface area contributed by atoms with Crippen LogP contribution in [0.5, 0.6) is 0 Å². The molecular formula is C10H12BrNS. The van der Waals surface area contributed by atoms with E-state index in [1.165, 1.54) is 35.5 Å². The molecule has 13 heavy (non-hydrogen) atoms. The van der Waals surface area contributed by atoms with Crippen LogP contribution in [0.1, 0.15) is 18.4 Å². The van der Waals surface area contributed by atoms with Gasteiger partial charge in [0.05, 0.1) is 0 Å². The maximum atomic E-state index is 5.96. The van der Waals surface area contributed by atoms with Crippen molar-refractivity contribution >= 4 is 33.4 Å². The fraction of sp³-hybridized carbons (Fsp3) is 0.400. The molecule has 1 aromatic carbocycles. The van der Waals surface area contributed by atoms with Crippen LogP contribution in [0.3, 0.4) is 0 Å². The van der Waals surface area contributed by atoms with E-state index < -0.39 is 0 Å². The van der Waals surface area contributed by atoms with Gasteiger partial charge in [-0.25, -0.2) is 0 Å². The van der Waals surface area contributed by atoms with Gasteiger partial charge in [-0.15, -0.1) is 11.8 Å². The van der Waals surface area contributed by atoms with E-state index in [1.54, 1.807) is 0 Å². The van der Waals surface area contributed by atoms with Gasteiger partial charge in [0.1, 0.15) is 0 Å². The van der Waals surface area contributed by atoms with Gasteiger partial charge in [-0.05, 0) is 42.7 Å². The Hall–Kier alpha value is -0.150. The number of halogens is 1. The Morgan fingerprint density at radius 1 is 1.31 bits per heavy atom. The van der Waals surface area contributed by atoms with E-state index in [2.05, 4.69) is 22.0 Å². The number of hydrogen-bond acceptors (Lipinski definition) is 2. The first kappa shape index (κ1) is 9.41. The van der Waals surface area contributed by atoms with Gasteiger partial charge < -0.3 is 5.73 Å². The number of nitrogen functional groups attached to an aromatic ring is 1. The lowest BCUT2D eigenvalue weighted by Crippen LogP contribution is -1.93. The molecule has 0 saturated heterocycles. The number of thioether (sulfide) groups is 1. The van der Waals surface area contributed by atoms with Crippen LogP contribution < -0.4 is 5.73 Å². The maximum Gasteiger partial charge on any atom is 0.0466 e. The summed E-state index contributed by atoms with van der Waals surface area (Å²) < 4.78 is 1.10. The number of anilines is 1. The van der Waals surface area contributed by atoms with Gasteiger partial charge in [0, 0.05) is 15.1 Å². The average Bonchev–Trinajstić information content (AvgIpc) is 2.28. The molecule has 1 aromatic rings. The van der Waals surface area contributed by atoms with Crippen molar-refractivity contribution in [1.29, 1.82) is 0 Å². The predicted molar refractivity (Wildman–Crippen MR) is 62.2 cm³/mol. The highest BCUT2D eigenvalue weighted by Gasteiger charge is 2.11. The summed E-state index contributed by atoms with van der Waals surface area (Å²) in [5.74, 6) is 1.21. The predicted octanol–water partition coefficient (Wildman–Crippen LogP) is 3.46. The molecule has 0 radical (unpaired) electrons. The summed E-state index contributed by atoms with van der Waals surface area (Å²) in [6, 6.07) is 4.20. The number of nitrogens with two attached hydrogens (primary N) is 1. The lowest BCUT2D eigenvalue weighted by atomic mass is 10.1. The zero-order valence-electron chi connectivity index (χ0n) is 7.35. The Labute approximate surface area is 91.2 Å². The van der Waals surface area contributed by atoms with E-state index in [1.807, 2.05) is 17.8 Å². The molecule has 0 unspecified atom stereocenters. The molecule has 1 aliphatic rings. The second kappa shape index (κ2) is 3.93. The van der Waals surface area contributed by atoms with Gasteiger partial charge in [0.25, 0.3) is 0 Å². The number of rotatable bonds is 0.